The molecule has 1 aliphatic carbocycles. The number of aliphatic imine (C=N–C) groups is 1. The number of Topliss-reactive ketones (excluding diaryl/α,β-unsaturated/α-hetero) is 1. The Balaban J connectivity index is 1.67. The predicted octanol–water partition coefficient (Wildman–Crippen LogP) is 3.32. The minimum Gasteiger partial charge on any atom is -0.379 e. The number of aromatic nitrogens is 1. The number of hydrogen-bond donors (Lipinski definition) is 1. The maximum absolute atomic E-state index is 14.7. The van der Waals surface area contributed by atoms with Crippen LogP contribution in [0, 0.1) is 28.9 Å². The molecule has 4 rings (SSSR count). The van der Waals surface area contributed by atoms with E-state index in [9.17, 15) is 13.6 Å². The first-order valence-corrected chi connectivity index (χ1v) is 9.59. The van der Waals surface area contributed by atoms with Crippen LogP contribution in [0.3, 0.4) is 0 Å². The molecule has 0 unspecified atom stereocenters. The number of nitrogens with two attached hydrogens (primary N) is 1. The number of thioether (sulfide) groups is 1. The summed E-state index contributed by atoms with van der Waals surface area (Å²) in [5.74, 6) is -2.23. The molecule has 1 aromatic carbocycles. The highest BCUT2D eigenvalue weighted by molar-refractivity contribution is 8.14. The molecule has 2 aromatic rings. The van der Waals surface area contributed by atoms with Crippen LogP contribution in [0.2, 0.25) is 0 Å². The summed E-state index contributed by atoms with van der Waals surface area (Å²) in [4.78, 5) is 20.9. The van der Waals surface area contributed by atoms with Gasteiger partial charge in [0.25, 0.3) is 0 Å². The number of carbonyl (C=O) groups excluding carboxylic acids is 1. The van der Waals surface area contributed by atoms with E-state index in [2.05, 4.69) is 9.98 Å². The van der Waals surface area contributed by atoms with Crippen LogP contribution in [0.25, 0.3) is 0 Å². The van der Waals surface area contributed by atoms with E-state index >= 15 is 0 Å². The number of benzene rings is 1. The number of rotatable bonds is 4. The zero-order chi connectivity index (χ0) is 20.1. The average Bonchev–Trinajstić information content (AvgIpc) is 3.44. The molecule has 0 radical (unpaired) electrons. The second-order valence-corrected chi connectivity index (χ2v) is 8.44. The lowest BCUT2D eigenvalue weighted by Gasteiger charge is -2.30. The molecule has 0 bridgehead atoms. The van der Waals surface area contributed by atoms with Crippen molar-refractivity contribution < 1.29 is 13.6 Å². The van der Waals surface area contributed by atoms with Crippen molar-refractivity contribution in [2.45, 2.75) is 30.6 Å². The van der Waals surface area contributed by atoms with E-state index in [1.807, 2.05) is 6.07 Å². The fraction of sp³-hybridized carbons (Fsp3) is 0.300. The molecule has 0 amide bonds. The molecular weight excluding hydrogens is 382 g/mol. The van der Waals surface area contributed by atoms with Crippen LogP contribution in [0.4, 0.5) is 8.78 Å². The van der Waals surface area contributed by atoms with E-state index in [0.29, 0.717) is 16.3 Å². The van der Waals surface area contributed by atoms with Crippen LogP contribution in [0.1, 0.15) is 40.5 Å². The van der Waals surface area contributed by atoms with E-state index in [0.717, 1.165) is 12.5 Å². The first-order chi connectivity index (χ1) is 13.3. The summed E-state index contributed by atoms with van der Waals surface area (Å²) < 4.78 is 29.0. The molecule has 2 heterocycles. The SMILES string of the molecule is C[C@]1(c2cc(CC(=O)c3ccc(C#N)cn3)cc(F)c2F)N=C(N)S[C@H]2C[C@H]21. The Morgan fingerprint density at radius 2 is 2.21 bits per heavy atom. The molecule has 2 N–H and O–H groups in total. The zero-order valence-corrected chi connectivity index (χ0v) is 15.8. The Kier molecular flexibility index (Phi) is 4.42. The van der Waals surface area contributed by atoms with E-state index in [1.54, 1.807) is 6.92 Å². The molecule has 8 heteroatoms. The summed E-state index contributed by atoms with van der Waals surface area (Å²) in [5.41, 5.74) is 5.90. The highest BCUT2D eigenvalue weighted by atomic mass is 32.2. The third-order valence-corrected chi connectivity index (χ3v) is 6.40. The fourth-order valence-electron chi connectivity index (χ4n) is 3.66. The second-order valence-electron chi connectivity index (χ2n) is 7.18. The largest absolute Gasteiger partial charge is 0.379 e. The van der Waals surface area contributed by atoms with E-state index < -0.39 is 17.2 Å². The maximum Gasteiger partial charge on any atom is 0.185 e. The third kappa shape index (κ3) is 3.16. The van der Waals surface area contributed by atoms with Gasteiger partial charge in [-0.25, -0.2) is 8.78 Å². The lowest BCUT2D eigenvalue weighted by atomic mass is 9.85. The van der Waals surface area contributed by atoms with Crippen molar-refractivity contribution >= 4 is 22.7 Å². The van der Waals surface area contributed by atoms with Gasteiger partial charge in [0.1, 0.15) is 11.8 Å². The van der Waals surface area contributed by atoms with Gasteiger partial charge in [-0.3, -0.25) is 14.8 Å². The number of pyridine rings is 1. The van der Waals surface area contributed by atoms with Crippen molar-refractivity contribution in [3.05, 3.63) is 64.5 Å². The average molecular weight is 398 g/mol. The van der Waals surface area contributed by atoms with Crippen molar-refractivity contribution in [2.75, 3.05) is 0 Å². The molecule has 2 aliphatic rings. The number of nitrogens with zero attached hydrogens (tertiary/aromatic N) is 3. The summed E-state index contributed by atoms with van der Waals surface area (Å²) in [6, 6.07) is 7.39. The van der Waals surface area contributed by atoms with Crippen LogP contribution in [0.5, 0.6) is 0 Å². The van der Waals surface area contributed by atoms with Gasteiger partial charge in [0, 0.05) is 29.3 Å². The van der Waals surface area contributed by atoms with Crippen molar-refractivity contribution in [3.63, 3.8) is 0 Å². The standard InChI is InChI=1S/C20H16F2N4OS/c1-20(12-7-17(12)28-19(24)26-20)13-4-11(5-14(21)18(13)22)6-16(27)15-3-2-10(8-23)9-25-15/h2-5,9,12,17H,6-7H2,1H3,(H2,24,26)/t12-,17+,20+/m1/s1. The van der Waals surface area contributed by atoms with Crippen molar-refractivity contribution in [2.24, 2.45) is 16.6 Å². The molecular formula is C20H16F2N4OS. The van der Waals surface area contributed by atoms with Crippen LogP contribution >= 0.6 is 11.8 Å². The van der Waals surface area contributed by atoms with Gasteiger partial charge in [-0.2, -0.15) is 5.26 Å². The molecule has 142 valence electrons. The molecule has 5 nitrogen and oxygen atoms in total. The Morgan fingerprint density at radius 1 is 1.43 bits per heavy atom. The van der Waals surface area contributed by atoms with E-state index in [-0.39, 0.29) is 34.6 Å². The molecule has 0 spiro atoms. The molecule has 3 atom stereocenters. The summed E-state index contributed by atoms with van der Waals surface area (Å²) >= 11 is 1.46. The third-order valence-electron chi connectivity index (χ3n) is 5.24. The first-order valence-electron chi connectivity index (χ1n) is 8.71. The molecule has 0 saturated heterocycles. The van der Waals surface area contributed by atoms with Gasteiger partial charge in [0.05, 0.1) is 11.1 Å². The van der Waals surface area contributed by atoms with Gasteiger partial charge >= 0.3 is 0 Å². The fourth-order valence-corrected chi connectivity index (χ4v) is 4.95. The minimum absolute atomic E-state index is 0.0878. The van der Waals surface area contributed by atoms with Crippen LogP contribution < -0.4 is 5.73 Å². The van der Waals surface area contributed by atoms with Gasteiger partial charge in [0.2, 0.25) is 0 Å². The summed E-state index contributed by atoms with van der Waals surface area (Å²) in [6.07, 6.45) is 2.00. The summed E-state index contributed by atoms with van der Waals surface area (Å²) in [6.45, 7) is 1.76. The Hall–Kier alpha value is -2.79. The Labute approximate surface area is 164 Å². The number of nitriles is 1. The zero-order valence-electron chi connectivity index (χ0n) is 14.9. The number of carbonyl (C=O) groups is 1. The molecule has 28 heavy (non-hydrogen) atoms. The lowest BCUT2D eigenvalue weighted by molar-refractivity contribution is 0.0988. The number of ketones is 1. The van der Waals surface area contributed by atoms with Crippen molar-refractivity contribution in [1.82, 2.24) is 4.98 Å². The van der Waals surface area contributed by atoms with Crippen molar-refractivity contribution in [3.8, 4) is 6.07 Å². The van der Waals surface area contributed by atoms with Crippen molar-refractivity contribution in [1.29, 1.82) is 5.26 Å². The topological polar surface area (TPSA) is 92.1 Å². The molecule has 1 aromatic heterocycles. The smallest absolute Gasteiger partial charge is 0.185 e. The van der Waals surface area contributed by atoms with Gasteiger partial charge in [-0.15, -0.1) is 0 Å². The van der Waals surface area contributed by atoms with E-state index in [4.69, 9.17) is 11.0 Å². The molecule has 1 saturated carbocycles. The summed E-state index contributed by atoms with van der Waals surface area (Å²) in [5, 5.41) is 9.44. The number of amidine groups is 1. The van der Waals surface area contributed by atoms with Crippen LogP contribution in [0.15, 0.2) is 35.5 Å². The first kappa shape index (κ1) is 18.6. The Morgan fingerprint density at radius 3 is 2.89 bits per heavy atom. The van der Waals surface area contributed by atoms with Gasteiger partial charge in [-0.1, -0.05) is 11.8 Å². The quantitative estimate of drug-likeness (QED) is 0.798. The van der Waals surface area contributed by atoms with Gasteiger partial charge < -0.3 is 5.73 Å². The van der Waals surface area contributed by atoms with E-state index in [1.165, 1.54) is 36.2 Å². The number of halogens is 2. The monoisotopic (exact) mass is 398 g/mol. The highest BCUT2D eigenvalue weighted by Crippen LogP contribution is 2.57. The number of fused-ring (bicyclic) bond motifs is 1. The van der Waals surface area contributed by atoms with Crippen LogP contribution in [-0.2, 0) is 12.0 Å². The maximum atomic E-state index is 14.7. The van der Waals surface area contributed by atoms with Gasteiger partial charge in [0.15, 0.2) is 22.6 Å². The number of hydrogen-bond acceptors (Lipinski definition) is 6. The Bertz CT molecular complexity index is 1050. The predicted molar refractivity (Wildman–Crippen MR) is 102 cm³/mol. The normalized spacial score (nSPS) is 25.4. The lowest BCUT2D eigenvalue weighted by Crippen LogP contribution is -2.32. The van der Waals surface area contributed by atoms with Crippen LogP contribution in [-0.4, -0.2) is 21.2 Å². The van der Waals surface area contributed by atoms with Gasteiger partial charge in [-0.05, 0) is 43.2 Å². The summed E-state index contributed by atoms with van der Waals surface area (Å²) in [7, 11) is 0. The molecule has 1 fully saturated rings. The second kappa shape index (κ2) is 6.67. The highest BCUT2D eigenvalue weighted by Gasteiger charge is 2.55. The molecule has 1 aliphatic heterocycles. The minimum atomic E-state index is -1.02.